The third kappa shape index (κ3) is 3.48. The molecule has 2 aliphatic rings. The lowest BCUT2D eigenvalue weighted by atomic mass is 9.98. The highest BCUT2D eigenvalue weighted by atomic mass is 35.5. The minimum absolute atomic E-state index is 0. The first kappa shape index (κ1) is 17.7. The van der Waals surface area contributed by atoms with Crippen molar-refractivity contribution in [3.8, 4) is 0 Å². The van der Waals surface area contributed by atoms with E-state index in [1.54, 1.807) is 4.90 Å². The molecule has 1 saturated heterocycles. The Balaban J connectivity index is 0.00000192. The molecule has 2 amide bonds. The fraction of sp³-hybridized carbons (Fsp3) is 0.500. The summed E-state index contributed by atoms with van der Waals surface area (Å²) >= 11 is 0. The average Bonchev–Trinajstić information content (AvgIpc) is 3.02. The van der Waals surface area contributed by atoms with Crippen molar-refractivity contribution in [2.24, 2.45) is 17.6 Å². The maximum Gasteiger partial charge on any atom is 0.256 e. The number of likely N-dealkylation sites (tertiary alicyclic amines) is 1. The average molecular weight is 342 g/mol. The van der Waals surface area contributed by atoms with Crippen LogP contribution in [0.1, 0.15) is 30.1 Å². The summed E-state index contributed by atoms with van der Waals surface area (Å²) in [5.74, 6) is -0.399. The third-order valence-electron chi connectivity index (χ3n) is 4.72. The van der Waals surface area contributed by atoms with Crippen LogP contribution >= 0.6 is 12.4 Å². The van der Waals surface area contributed by atoms with Crippen molar-refractivity contribution >= 4 is 29.9 Å². The van der Waals surface area contributed by atoms with Gasteiger partial charge in [-0.25, -0.2) is 4.39 Å². The number of hydrogen-bond acceptors (Lipinski definition) is 3. The van der Waals surface area contributed by atoms with Gasteiger partial charge >= 0.3 is 0 Å². The molecule has 1 aliphatic carbocycles. The van der Waals surface area contributed by atoms with Gasteiger partial charge < -0.3 is 16.0 Å². The third-order valence-corrected chi connectivity index (χ3v) is 4.72. The maximum atomic E-state index is 14.0. The lowest BCUT2D eigenvalue weighted by Gasteiger charge is -2.19. The van der Waals surface area contributed by atoms with Crippen molar-refractivity contribution in [1.29, 1.82) is 0 Å². The lowest BCUT2D eigenvalue weighted by molar-refractivity contribution is -0.114. The molecule has 3 atom stereocenters. The van der Waals surface area contributed by atoms with Crippen molar-refractivity contribution in [2.75, 3.05) is 18.4 Å². The predicted octanol–water partition coefficient (Wildman–Crippen LogP) is 2.02. The van der Waals surface area contributed by atoms with Crippen molar-refractivity contribution < 1.29 is 14.0 Å². The van der Waals surface area contributed by atoms with Gasteiger partial charge in [0.2, 0.25) is 5.91 Å². The summed E-state index contributed by atoms with van der Waals surface area (Å²) in [7, 11) is 0. The smallest absolute Gasteiger partial charge is 0.256 e. The van der Waals surface area contributed by atoms with E-state index in [1.807, 2.05) is 0 Å². The first-order chi connectivity index (χ1) is 10.5. The minimum atomic E-state index is -0.569. The molecule has 1 aromatic rings. The zero-order valence-electron chi connectivity index (χ0n) is 12.9. The topological polar surface area (TPSA) is 75.4 Å². The largest absolute Gasteiger partial charge is 0.338 e. The molecule has 1 aliphatic heterocycles. The Hall–Kier alpha value is -1.66. The van der Waals surface area contributed by atoms with Crippen molar-refractivity contribution in [3.63, 3.8) is 0 Å². The minimum Gasteiger partial charge on any atom is -0.338 e. The lowest BCUT2D eigenvalue weighted by Crippen LogP contribution is -2.34. The standard InChI is InChI=1S/C16H20FN3O2.ClH/c1-9(21)19-11-3-4-14(17)12(6-11)16(22)20-7-10-2-5-15(18)13(10)8-20;/h3-4,6,10,13,15H,2,5,7-8,18H2,1H3,(H,19,21);1H. The van der Waals surface area contributed by atoms with Crippen LogP contribution in [0.25, 0.3) is 0 Å². The van der Waals surface area contributed by atoms with Crippen molar-refractivity contribution in [1.82, 2.24) is 4.90 Å². The quantitative estimate of drug-likeness (QED) is 0.864. The summed E-state index contributed by atoms with van der Waals surface area (Å²) in [4.78, 5) is 25.4. The number of fused-ring (bicyclic) bond motifs is 1. The van der Waals surface area contributed by atoms with E-state index >= 15 is 0 Å². The second-order valence-electron chi connectivity index (χ2n) is 6.25. The summed E-state index contributed by atoms with van der Waals surface area (Å²) in [6.07, 6.45) is 2.04. The molecule has 3 N–H and O–H groups in total. The molecule has 1 aromatic carbocycles. The Morgan fingerprint density at radius 1 is 1.30 bits per heavy atom. The van der Waals surface area contributed by atoms with Gasteiger partial charge in [-0.1, -0.05) is 0 Å². The molecule has 0 aromatic heterocycles. The van der Waals surface area contributed by atoms with E-state index in [4.69, 9.17) is 5.73 Å². The zero-order chi connectivity index (χ0) is 15.9. The molecule has 7 heteroatoms. The summed E-state index contributed by atoms with van der Waals surface area (Å²) in [6.45, 7) is 2.60. The number of nitrogens with zero attached hydrogens (tertiary/aromatic N) is 1. The van der Waals surface area contributed by atoms with E-state index in [0.29, 0.717) is 30.6 Å². The first-order valence-electron chi connectivity index (χ1n) is 7.57. The molecule has 1 heterocycles. The van der Waals surface area contributed by atoms with Crippen LogP contribution in [0.3, 0.4) is 0 Å². The number of anilines is 1. The molecular weight excluding hydrogens is 321 g/mol. The molecule has 23 heavy (non-hydrogen) atoms. The van der Waals surface area contributed by atoms with Crippen LogP contribution in [0.2, 0.25) is 0 Å². The van der Waals surface area contributed by atoms with Gasteiger partial charge in [-0.15, -0.1) is 12.4 Å². The van der Waals surface area contributed by atoms with E-state index in [-0.39, 0.29) is 35.8 Å². The molecule has 2 fully saturated rings. The van der Waals surface area contributed by atoms with E-state index in [1.165, 1.54) is 25.1 Å². The number of carbonyl (C=O) groups is 2. The summed E-state index contributed by atoms with van der Waals surface area (Å²) in [5.41, 5.74) is 6.49. The molecule has 3 rings (SSSR count). The maximum absolute atomic E-state index is 14.0. The van der Waals surface area contributed by atoms with E-state index in [0.717, 1.165) is 12.8 Å². The molecule has 0 bridgehead atoms. The number of amides is 2. The Bertz CT molecular complexity index is 625. The van der Waals surface area contributed by atoms with Crippen LogP contribution in [0, 0.1) is 17.7 Å². The molecule has 3 unspecified atom stereocenters. The normalized spacial score (nSPS) is 25.7. The van der Waals surface area contributed by atoms with Gasteiger partial charge in [-0.05, 0) is 42.9 Å². The second kappa shape index (κ2) is 6.84. The number of benzene rings is 1. The number of rotatable bonds is 2. The number of carbonyl (C=O) groups excluding carboxylic acids is 2. The van der Waals surface area contributed by atoms with Crippen LogP contribution in [0.4, 0.5) is 10.1 Å². The van der Waals surface area contributed by atoms with Crippen LogP contribution in [0.15, 0.2) is 18.2 Å². The predicted molar refractivity (Wildman–Crippen MR) is 88.0 cm³/mol. The SMILES string of the molecule is CC(=O)Nc1ccc(F)c(C(=O)N2CC3CCC(N)C3C2)c1.Cl. The van der Waals surface area contributed by atoms with Crippen LogP contribution in [0.5, 0.6) is 0 Å². The fourth-order valence-corrected chi connectivity index (χ4v) is 3.61. The summed E-state index contributed by atoms with van der Waals surface area (Å²) < 4.78 is 14.0. The van der Waals surface area contributed by atoms with Crippen LogP contribution < -0.4 is 11.1 Å². The van der Waals surface area contributed by atoms with Gasteiger partial charge in [0.15, 0.2) is 0 Å². The van der Waals surface area contributed by atoms with Crippen molar-refractivity contribution in [2.45, 2.75) is 25.8 Å². The highest BCUT2D eigenvalue weighted by Gasteiger charge is 2.42. The number of nitrogens with one attached hydrogen (secondary N) is 1. The molecular formula is C16H21ClFN3O2. The molecule has 1 saturated carbocycles. The highest BCUT2D eigenvalue weighted by molar-refractivity contribution is 5.97. The monoisotopic (exact) mass is 341 g/mol. The second-order valence-corrected chi connectivity index (χ2v) is 6.25. The number of hydrogen-bond donors (Lipinski definition) is 2. The van der Waals surface area contributed by atoms with Crippen molar-refractivity contribution in [3.05, 3.63) is 29.6 Å². The molecule has 0 spiro atoms. The Kier molecular flexibility index (Phi) is 5.26. The van der Waals surface area contributed by atoms with Gasteiger partial charge in [0.25, 0.3) is 5.91 Å². The van der Waals surface area contributed by atoms with Gasteiger partial charge in [0.05, 0.1) is 5.56 Å². The highest BCUT2D eigenvalue weighted by Crippen LogP contribution is 2.37. The Morgan fingerprint density at radius 2 is 2.04 bits per heavy atom. The molecule has 0 radical (unpaired) electrons. The van der Waals surface area contributed by atoms with E-state index < -0.39 is 5.82 Å². The van der Waals surface area contributed by atoms with E-state index in [2.05, 4.69) is 5.32 Å². The Labute approximate surface area is 140 Å². The fourth-order valence-electron chi connectivity index (χ4n) is 3.61. The first-order valence-corrected chi connectivity index (χ1v) is 7.57. The van der Waals surface area contributed by atoms with Gasteiger partial charge in [-0.3, -0.25) is 9.59 Å². The zero-order valence-corrected chi connectivity index (χ0v) is 13.7. The van der Waals surface area contributed by atoms with Gasteiger partial charge in [0.1, 0.15) is 5.82 Å². The van der Waals surface area contributed by atoms with E-state index in [9.17, 15) is 14.0 Å². The summed E-state index contributed by atoms with van der Waals surface area (Å²) in [6, 6.07) is 4.19. The van der Waals surface area contributed by atoms with Gasteiger partial charge in [-0.2, -0.15) is 0 Å². The molecule has 5 nitrogen and oxygen atoms in total. The number of halogens is 2. The van der Waals surface area contributed by atoms with Crippen LogP contribution in [-0.2, 0) is 4.79 Å². The summed E-state index contributed by atoms with van der Waals surface area (Å²) in [5, 5.41) is 2.57. The van der Waals surface area contributed by atoms with Crippen LogP contribution in [-0.4, -0.2) is 35.8 Å². The Morgan fingerprint density at radius 3 is 2.70 bits per heavy atom. The van der Waals surface area contributed by atoms with Gasteiger partial charge in [0, 0.05) is 31.7 Å². The number of nitrogens with two attached hydrogens (primary N) is 1. The molecule has 126 valence electrons.